The van der Waals surface area contributed by atoms with Crippen LogP contribution < -0.4 is 4.74 Å². The number of hydrogen-bond donors (Lipinski definition) is 0. The lowest BCUT2D eigenvalue weighted by Crippen LogP contribution is -2.15. The molecule has 4 nitrogen and oxygen atoms in total. The summed E-state index contributed by atoms with van der Waals surface area (Å²) in [5, 5.41) is 9.75. The summed E-state index contributed by atoms with van der Waals surface area (Å²) in [6.07, 6.45) is 6.52. The SMILES string of the molecule is COc1cccc(CSc2nnc(C)n2C2CCCCC2)c1. The maximum atomic E-state index is 5.29. The Morgan fingerprint density at radius 1 is 1.23 bits per heavy atom. The topological polar surface area (TPSA) is 39.9 Å². The van der Waals surface area contributed by atoms with E-state index in [1.807, 2.05) is 12.1 Å². The summed E-state index contributed by atoms with van der Waals surface area (Å²) in [5.41, 5.74) is 1.25. The zero-order chi connectivity index (χ0) is 15.4. The van der Waals surface area contributed by atoms with Gasteiger partial charge >= 0.3 is 0 Å². The molecule has 1 saturated carbocycles. The van der Waals surface area contributed by atoms with Gasteiger partial charge in [-0.15, -0.1) is 10.2 Å². The van der Waals surface area contributed by atoms with E-state index in [4.69, 9.17) is 4.74 Å². The summed E-state index contributed by atoms with van der Waals surface area (Å²) in [6, 6.07) is 8.80. The summed E-state index contributed by atoms with van der Waals surface area (Å²) >= 11 is 1.77. The van der Waals surface area contributed by atoms with Crippen LogP contribution in [0.25, 0.3) is 0 Å². The molecular weight excluding hydrogens is 294 g/mol. The summed E-state index contributed by atoms with van der Waals surface area (Å²) in [4.78, 5) is 0. The van der Waals surface area contributed by atoms with E-state index in [9.17, 15) is 0 Å². The second kappa shape index (κ2) is 7.18. The van der Waals surface area contributed by atoms with Crippen LogP contribution in [0.5, 0.6) is 5.75 Å². The number of nitrogens with zero attached hydrogens (tertiary/aromatic N) is 3. The first-order chi connectivity index (χ1) is 10.8. The lowest BCUT2D eigenvalue weighted by molar-refractivity contribution is 0.332. The molecule has 5 heteroatoms. The van der Waals surface area contributed by atoms with Crippen molar-refractivity contribution in [2.75, 3.05) is 7.11 Å². The third-order valence-corrected chi connectivity index (χ3v) is 5.29. The van der Waals surface area contributed by atoms with E-state index in [0.717, 1.165) is 22.5 Å². The van der Waals surface area contributed by atoms with Crippen molar-refractivity contribution in [2.45, 2.75) is 56.0 Å². The lowest BCUT2D eigenvalue weighted by atomic mass is 9.95. The number of thioether (sulfide) groups is 1. The highest BCUT2D eigenvalue weighted by molar-refractivity contribution is 7.98. The Bertz CT molecular complexity index is 620. The maximum Gasteiger partial charge on any atom is 0.191 e. The Hall–Kier alpha value is -1.49. The van der Waals surface area contributed by atoms with E-state index in [0.29, 0.717) is 6.04 Å². The first-order valence-corrected chi connectivity index (χ1v) is 8.93. The minimum absolute atomic E-state index is 0.580. The second-order valence-electron chi connectivity index (χ2n) is 5.83. The van der Waals surface area contributed by atoms with Crippen LogP contribution in [0.15, 0.2) is 29.4 Å². The fourth-order valence-electron chi connectivity index (χ4n) is 3.12. The van der Waals surface area contributed by atoms with Gasteiger partial charge in [0.25, 0.3) is 0 Å². The standard InChI is InChI=1S/C17H23N3OS/c1-13-18-19-17(20(13)15-8-4-3-5-9-15)22-12-14-7-6-10-16(11-14)21-2/h6-7,10-11,15H,3-5,8-9,12H2,1-2H3. The van der Waals surface area contributed by atoms with Gasteiger partial charge < -0.3 is 9.30 Å². The highest BCUT2D eigenvalue weighted by atomic mass is 32.2. The summed E-state index contributed by atoms with van der Waals surface area (Å²) in [7, 11) is 1.70. The van der Waals surface area contributed by atoms with Crippen molar-refractivity contribution in [3.8, 4) is 5.75 Å². The molecule has 1 heterocycles. The van der Waals surface area contributed by atoms with Gasteiger partial charge in [0, 0.05) is 11.8 Å². The molecular formula is C17H23N3OS. The van der Waals surface area contributed by atoms with Gasteiger partial charge in [0.1, 0.15) is 11.6 Å². The molecule has 1 aliphatic rings. The van der Waals surface area contributed by atoms with E-state index < -0.39 is 0 Å². The quantitative estimate of drug-likeness (QED) is 0.767. The summed E-state index contributed by atoms with van der Waals surface area (Å²) in [6.45, 7) is 2.07. The molecule has 1 aliphatic carbocycles. The minimum atomic E-state index is 0.580. The molecule has 22 heavy (non-hydrogen) atoms. The maximum absolute atomic E-state index is 5.29. The fraction of sp³-hybridized carbons (Fsp3) is 0.529. The van der Waals surface area contributed by atoms with Crippen LogP contribution in [0.2, 0.25) is 0 Å². The number of rotatable bonds is 5. The van der Waals surface area contributed by atoms with Gasteiger partial charge in [-0.05, 0) is 37.5 Å². The molecule has 0 bridgehead atoms. The highest BCUT2D eigenvalue weighted by Crippen LogP contribution is 2.33. The summed E-state index contributed by atoms with van der Waals surface area (Å²) < 4.78 is 7.64. The van der Waals surface area contributed by atoms with Gasteiger partial charge in [-0.3, -0.25) is 0 Å². The molecule has 3 rings (SSSR count). The van der Waals surface area contributed by atoms with Crippen LogP contribution in [-0.2, 0) is 5.75 Å². The van der Waals surface area contributed by atoms with Gasteiger partial charge in [-0.1, -0.05) is 43.2 Å². The van der Waals surface area contributed by atoms with Crippen molar-refractivity contribution >= 4 is 11.8 Å². The van der Waals surface area contributed by atoms with Crippen molar-refractivity contribution < 1.29 is 4.74 Å². The van der Waals surface area contributed by atoms with Crippen LogP contribution in [0, 0.1) is 6.92 Å². The van der Waals surface area contributed by atoms with Gasteiger partial charge in [-0.25, -0.2) is 0 Å². The zero-order valence-corrected chi connectivity index (χ0v) is 14.1. The van der Waals surface area contributed by atoms with Crippen LogP contribution >= 0.6 is 11.8 Å². The van der Waals surface area contributed by atoms with E-state index in [1.54, 1.807) is 18.9 Å². The van der Waals surface area contributed by atoms with Crippen molar-refractivity contribution in [2.24, 2.45) is 0 Å². The first-order valence-electron chi connectivity index (χ1n) is 7.95. The molecule has 0 amide bonds. The van der Waals surface area contributed by atoms with E-state index in [-0.39, 0.29) is 0 Å². The Balaban J connectivity index is 1.72. The number of ether oxygens (including phenoxy) is 1. The molecule has 1 fully saturated rings. The van der Waals surface area contributed by atoms with Crippen LogP contribution in [-0.4, -0.2) is 21.9 Å². The second-order valence-corrected chi connectivity index (χ2v) is 6.77. The third kappa shape index (κ3) is 3.46. The van der Waals surface area contributed by atoms with Gasteiger partial charge in [0.05, 0.1) is 7.11 Å². The Labute approximate surface area is 136 Å². The average molecular weight is 317 g/mol. The molecule has 1 aromatic heterocycles. The number of aryl methyl sites for hydroxylation is 1. The molecule has 0 spiro atoms. The van der Waals surface area contributed by atoms with Crippen molar-refractivity contribution in [3.05, 3.63) is 35.7 Å². The predicted octanol–water partition coefficient (Wildman–Crippen LogP) is 4.39. The first kappa shape index (κ1) is 15.4. The van der Waals surface area contributed by atoms with E-state index in [2.05, 4.69) is 33.8 Å². The van der Waals surface area contributed by atoms with Gasteiger partial charge in [0.2, 0.25) is 0 Å². The smallest absolute Gasteiger partial charge is 0.191 e. The van der Waals surface area contributed by atoms with Crippen LogP contribution in [0.1, 0.15) is 49.5 Å². The number of aromatic nitrogens is 3. The van der Waals surface area contributed by atoms with Crippen molar-refractivity contribution in [1.29, 1.82) is 0 Å². The molecule has 118 valence electrons. The van der Waals surface area contributed by atoms with Gasteiger partial charge in [0.15, 0.2) is 5.16 Å². The molecule has 0 N–H and O–H groups in total. The van der Waals surface area contributed by atoms with E-state index >= 15 is 0 Å². The molecule has 1 aromatic carbocycles. The minimum Gasteiger partial charge on any atom is -0.497 e. The normalized spacial score (nSPS) is 15.9. The largest absolute Gasteiger partial charge is 0.497 e. The average Bonchev–Trinajstić information content (AvgIpc) is 2.94. The predicted molar refractivity (Wildman–Crippen MR) is 89.4 cm³/mol. The van der Waals surface area contributed by atoms with Crippen molar-refractivity contribution in [3.63, 3.8) is 0 Å². The highest BCUT2D eigenvalue weighted by Gasteiger charge is 2.21. The molecule has 0 unspecified atom stereocenters. The number of methoxy groups -OCH3 is 1. The van der Waals surface area contributed by atoms with E-state index in [1.165, 1.54) is 37.7 Å². The Morgan fingerprint density at radius 2 is 2.05 bits per heavy atom. The molecule has 0 radical (unpaired) electrons. The Morgan fingerprint density at radius 3 is 2.82 bits per heavy atom. The number of hydrogen-bond acceptors (Lipinski definition) is 4. The monoisotopic (exact) mass is 317 g/mol. The third-order valence-electron chi connectivity index (χ3n) is 4.28. The molecule has 0 atom stereocenters. The van der Waals surface area contributed by atoms with Crippen LogP contribution in [0.4, 0.5) is 0 Å². The fourth-order valence-corrected chi connectivity index (χ4v) is 4.11. The molecule has 0 saturated heterocycles. The molecule has 2 aromatic rings. The number of benzene rings is 1. The lowest BCUT2D eigenvalue weighted by Gasteiger charge is -2.25. The zero-order valence-electron chi connectivity index (χ0n) is 13.3. The Kier molecular flexibility index (Phi) is 5.03. The summed E-state index contributed by atoms with van der Waals surface area (Å²) in [5.74, 6) is 2.84. The van der Waals surface area contributed by atoms with Crippen LogP contribution in [0.3, 0.4) is 0 Å². The van der Waals surface area contributed by atoms with Crippen molar-refractivity contribution in [1.82, 2.24) is 14.8 Å². The van der Waals surface area contributed by atoms with Gasteiger partial charge in [-0.2, -0.15) is 0 Å². The molecule has 0 aliphatic heterocycles.